The maximum Gasteiger partial charge on any atom is 0.335 e. The molecule has 30 heavy (non-hydrogen) atoms. The number of nitrogens with zero attached hydrogens (tertiary/aromatic N) is 1. The third kappa shape index (κ3) is 4.28. The molecular weight excluding hydrogens is 380 g/mol. The number of carboxylic acids is 1. The molecule has 0 aliphatic heterocycles. The molecule has 4 rings (SSSR count). The molecule has 0 saturated carbocycles. The molecule has 1 aromatic heterocycles. The summed E-state index contributed by atoms with van der Waals surface area (Å²) < 4.78 is 5.67. The lowest BCUT2D eigenvalue weighted by Gasteiger charge is -2.05. The van der Waals surface area contributed by atoms with Crippen molar-refractivity contribution in [1.29, 1.82) is 0 Å². The number of furan rings is 1. The van der Waals surface area contributed by atoms with Crippen LogP contribution in [0.3, 0.4) is 0 Å². The lowest BCUT2D eigenvalue weighted by atomic mass is 10.0. The predicted octanol–water partition coefficient (Wildman–Crippen LogP) is 4.49. The Morgan fingerprint density at radius 2 is 1.77 bits per heavy atom. The quantitative estimate of drug-likeness (QED) is 0.370. The van der Waals surface area contributed by atoms with Crippen LogP contribution in [0.5, 0.6) is 0 Å². The number of amides is 1. The molecule has 0 aliphatic carbocycles. The summed E-state index contributed by atoms with van der Waals surface area (Å²) in [5, 5.41) is 15.2. The highest BCUT2D eigenvalue weighted by Gasteiger charge is 2.09. The van der Waals surface area contributed by atoms with Gasteiger partial charge in [0.2, 0.25) is 5.91 Å². The number of carbonyl (C=O) groups excluding carboxylic acids is 1. The summed E-state index contributed by atoms with van der Waals surface area (Å²) in [6.07, 6.45) is 1.62. The first-order chi connectivity index (χ1) is 14.6. The summed E-state index contributed by atoms with van der Waals surface area (Å²) in [6.45, 7) is 0. The molecule has 0 spiro atoms. The molecule has 0 saturated heterocycles. The van der Waals surface area contributed by atoms with Crippen molar-refractivity contribution in [3.63, 3.8) is 0 Å². The molecule has 0 fully saturated rings. The zero-order valence-electron chi connectivity index (χ0n) is 15.9. The Morgan fingerprint density at radius 1 is 0.967 bits per heavy atom. The van der Waals surface area contributed by atoms with Gasteiger partial charge in [0.05, 0.1) is 18.2 Å². The summed E-state index contributed by atoms with van der Waals surface area (Å²) in [6, 6.07) is 23.7. The number of benzene rings is 3. The Labute approximate surface area is 172 Å². The van der Waals surface area contributed by atoms with Gasteiger partial charge < -0.3 is 9.52 Å². The van der Waals surface area contributed by atoms with Crippen molar-refractivity contribution in [2.24, 2.45) is 5.10 Å². The molecule has 0 bridgehead atoms. The Kier molecular flexibility index (Phi) is 5.39. The smallest absolute Gasteiger partial charge is 0.335 e. The van der Waals surface area contributed by atoms with E-state index in [9.17, 15) is 9.59 Å². The fraction of sp³-hybridized carbons (Fsp3) is 0.0417. The second kappa shape index (κ2) is 8.45. The maximum atomic E-state index is 12.3. The normalized spacial score (nSPS) is 11.1. The van der Waals surface area contributed by atoms with Crippen LogP contribution in [-0.2, 0) is 11.2 Å². The molecule has 1 heterocycles. The van der Waals surface area contributed by atoms with Gasteiger partial charge in [0.15, 0.2) is 0 Å². The lowest BCUT2D eigenvalue weighted by molar-refractivity contribution is -0.120. The number of hydrazone groups is 1. The van der Waals surface area contributed by atoms with Gasteiger partial charge in [-0.3, -0.25) is 4.79 Å². The van der Waals surface area contributed by atoms with E-state index in [1.165, 1.54) is 18.3 Å². The number of hydrogen-bond acceptors (Lipinski definition) is 4. The summed E-state index contributed by atoms with van der Waals surface area (Å²) in [4.78, 5) is 23.4. The van der Waals surface area contributed by atoms with E-state index in [0.717, 1.165) is 16.3 Å². The van der Waals surface area contributed by atoms with E-state index >= 15 is 0 Å². The van der Waals surface area contributed by atoms with Crippen LogP contribution >= 0.6 is 0 Å². The first kappa shape index (κ1) is 19.1. The van der Waals surface area contributed by atoms with Gasteiger partial charge in [0.1, 0.15) is 11.5 Å². The molecule has 0 aliphatic rings. The van der Waals surface area contributed by atoms with Crippen LogP contribution in [-0.4, -0.2) is 23.2 Å². The summed E-state index contributed by atoms with van der Waals surface area (Å²) in [5.41, 5.74) is 4.27. The molecule has 3 aromatic carbocycles. The van der Waals surface area contributed by atoms with E-state index in [-0.39, 0.29) is 17.9 Å². The van der Waals surface area contributed by atoms with Crippen molar-refractivity contribution >= 4 is 28.9 Å². The minimum atomic E-state index is -1.00. The largest absolute Gasteiger partial charge is 0.478 e. The van der Waals surface area contributed by atoms with Gasteiger partial charge in [-0.25, -0.2) is 10.2 Å². The van der Waals surface area contributed by atoms with E-state index in [2.05, 4.69) is 10.5 Å². The van der Waals surface area contributed by atoms with Gasteiger partial charge in [0.25, 0.3) is 0 Å². The maximum absolute atomic E-state index is 12.3. The number of aromatic carboxylic acids is 1. The van der Waals surface area contributed by atoms with E-state index in [0.29, 0.717) is 17.1 Å². The average molecular weight is 398 g/mol. The minimum Gasteiger partial charge on any atom is -0.478 e. The summed E-state index contributed by atoms with van der Waals surface area (Å²) in [5.74, 6) is -0.277. The zero-order chi connectivity index (χ0) is 20.9. The van der Waals surface area contributed by atoms with E-state index in [1.807, 2.05) is 42.5 Å². The Hall–Kier alpha value is -4.19. The van der Waals surface area contributed by atoms with Gasteiger partial charge in [-0.05, 0) is 40.6 Å². The summed E-state index contributed by atoms with van der Waals surface area (Å²) >= 11 is 0. The first-order valence-corrected chi connectivity index (χ1v) is 9.32. The van der Waals surface area contributed by atoms with E-state index in [4.69, 9.17) is 9.52 Å². The zero-order valence-corrected chi connectivity index (χ0v) is 15.9. The fourth-order valence-electron chi connectivity index (χ4n) is 3.21. The van der Waals surface area contributed by atoms with Gasteiger partial charge in [-0.1, -0.05) is 54.6 Å². The fourth-order valence-corrected chi connectivity index (χ4v) is 3.21. The summed E-state index contributed by atoms with van der Waals surface area (Å²) in [7, 11) is 0. The number of hydrogen-bond donors (Lipinski definition) is 2. The molecule has 6 nitrogen and oxygen atoms in total. The van der Waals surface area contributed by atoms with Gasteiger partial charge in [0, 0.05) is 5.56 Å². The minimum absolute atomic E-state index is 0.180. The molecule has 1 amide bonds. The number of rotatable bonds is 6. The van der Waals surface area contributed by atoms with Crippen molar-refractivity contribution in [3.8, 4) is 11.3 Å². The third-order valence-corrected chi connectivity index (χ3v) is 4.63. The topological polar surface area (TPSA) is 91.9 Å². The van der Waals surface area contributed by atoms with Crippen LogP contribution in [0, 0.1) is 0 Å². The van der Waals surface area contributed by atoms with Crippen molar-refractivity contribution in [1.82, 2.24) is 5.43 Å². The highest BCUT2D eigenvalue weighted by atomic mass is 16.4. The molecule has 2 N–H and O–H groups in total. The van der Waals surface area contributed by atoms with Crippen LogP contribution in [0.25, 0.3) is 22.1 Å². The number of fused-ring (bicyclic) bond motifs is 1. The lowest BCUT2D eigenvalue weighted by Crippen LogP contribution is -2.19. The van der Waals surface area contributed by atoms with Crippen molar-refractivity contribution in [3.05, 3.63) is 95.7 Å². The van der Waals surface area contributed by atoms with Crippen molar-refractivity contribution in [2.75, 3.05) is 0 Å². The SMILES string of the molecule is O=C(Cc1cccc2ccccc12)N/N=C/c1ccc(-c2cccc(C(=O)O)c2)o1. The third-order valence-electron chi connectivity index (χ3n) is 4.63. The van der Waals surface area contributed by atoms with Gasteiger partial charge in [-0.15, -0.1) is 0 Å². The van der Waals surface area contributed by atoms with Gasteiger partial charge in [-0.2, -0.15) is 5.10 Å². The number of carbonyl (C=O) groups is 2. The van der Waals surface area contributed by atoms with Crippen LogP contribution in [0.1, 0.15) is 21.7 Å². The molecule has 0 radical (unpaired) electrons. The Morgan fingerprint density at radius 3 is 2.63 bits per heavy atom. The highest BCUT2D eigenvalue weighted by molar-refractivity contribution is 5.91. The molecule has 0 unspecified atom stereocenters. The highest BCUT2D eigenvalue weighted by Crippen LogP contribution is 2.23. The monoisotopic (exact) mass is 398 g/mol. The van der Waals surface area contributed by atoms with E-state index < -0.39 is 5.97 Å². The van der Waals surface area contributed by atoms with Crippen LogP contribution in [0.2, 0.25) is 0 Å². The standard InChI is InChI=1S/C24H18N2O4/c27-23(14-17-7-3-6-16-5-1-2-10-21(16)17)26-25-15-20-11-12-22(30-20)18-8-4-9-19(13-18)24(28)29/h1-13,15H,14H2,(H,26,27)(H,28,29)/b25-15+. The van der Waals surface area contributed by atoms with Gasteiger partial charge >= 0.3 is 5.97 Å². The number of nitrogens with one attached hydrogen (secondary N) is 1. The Balaban J connectivity index is 1.41. The van der Waals surface area contributed by atoms with Crippen LogP contribution in [0.15, 0.2) is 88.4 Å². The van der Waals surface area contributed by atoms with Crippen molar-refractivity contribution < 1.29 is 19.1 Å². The molecule has 0 atom stereocenters. The second-order valence-electron chi connectivity index (χ2n) is 6.70. The average Bonchev–Trinajstić information content (AvgIpc) is 3.23. The molecular formula is C24H18N2O4. The van der Waals surface area contributed by atoms with Crippen LogP contribution in [0.4, 0.5) is 0 Å². The molecule has 4 aromatic rings. The molecule has 148 valence electrons. The second-order valence-corrected chi connectivity index (χ2v) is 6.70. The van der Waals surface area contributed by atoms with E-state index in [1.54, 1.807) is 24.3 Å². The predicted molar refractivity (Wildman–Crippen MR) is 114 cm³/mol. The number of carboxylic acid groups (broad SMARTS) is 1. The van der Waals surface area contributed by atoms with Crippen molar-refractivity contribution in [2.45, 2.75) is 6.42 Å². The molecule has 6 heteroatoms. The van der Waals surface area contributed by atoms with Crippen LogP contribution < -0.4 is 5.43 Å². The Bertz CT molecular complexity index is 1250. The first-order valence-electron chi connectivity index (χ1n) is 9.32.